The molecule has 4 heteroatoms. The number of piperidine rings is 1. The molecule has 108 valence electrons. The molecule has 0 aromatic heterocycles. The number of nitrogens with zero attached hydrogens (tertiary/aromatic N) is 1. The van der Waals surface area contributed by atoms with Gasteiger partial charge in [0, 0.05) is 30.3 Å². The van der Waals surface area contributed by atoms with Gasteiger partial charge in [-0.15, -0.1) is 0 Å². The highest BCUT2D eigenvalue weighted by molar-refractivity contribution is 6.30. The third-order valence-corrected chi connectivity index (χ3v) is 4.27. The molecule has 2 fully saturated rings. The van der Waals surface area contributed by atoms with Gasteiger partial charge in [-0.2, -0.15) is 0 Å². The first-order valence-electron chi connectivity index (χ1n) is 7.39. The Bertz CT molecular complexity index is 470. The van der Waals surface area contributed by atoms with Gasteiger partial charge in [0.25, 0.3) is 5.91 Å². The summed E-state index contributed by atoms with van der Waals surface area (Å²) in [6.45, 7) is 2.41. The largest absolute Gasteiger partial charge is 0.376 e. The number of halogens is 1. The molecule has 1 aliphatic heterocycles. The predicted molar refractivity (Wildman–Crippen MR) is 79.1 cm³/mol. The number of hydrogen-bond acceptors (Lipinski definition) is 2. The van der Waals surface area contributed by atoms with E-state index in [0.29, 0.717) is 17.1 Å². The smallest absolute Gasteiger partial charge is 0.253 e. The minimum atomic E-state index is 0.0846. The molecule has 2 aliphatic rings. The summed E-state index contributed by atoms with van der Waals surface area (Å²) in [4.78, 5) is 14.3. The van der Waals surface area contributed by atoms with Crippen molar-refractivity contribution in [3.05, 3.63) is 34.9 Å². The number of likely N-dealkylation sites (tertiary alicyclic amines) is 1. The third-order valence-electron chi connectivity index (χ3n) is 4.02. The van der Waals surface area contributed by atoms with Gasteiger partial charge in [0.2, 0.25) is 0 Å². The fraction of sp³-hybridized carbons (Fsp3) is 0.562. The molecule has 3 rings (SSSR count). The van der Waals surface area contributed by atoms with E-state index in [-0.39, 0.29) is 12.0 Å². The van der Waals surface area contributed by atoms with Crippen molar-refractivity contribution in [2.75, 3.05) is 19.7 Å². The summed E-state index contributed by atoms with van der Waals surface area (Å²) < 4.78 is 5.93. The van der Waals surface area contributed by atoms with E-state index in [0.717, 1.165) is 31.9 Å². The summed E-state index contributed by atoms with van der Waals surface area (Å²) in [5.41, 5.74) is 0.706. The van der Waals surface area contributed by atoms with Gasteiger partial charge in [-0.3, -0.25) is 4.79 Å². The minimum absolute atomic E-state index is 0.0846. The number of benzene rings is 1. The molecule has 0 spiro atoms. The third kappa shape index (κ3) is 3.53. The molecule has 1 aromatic carbocycles. The molecule has 0 radical (unpaired) electrons. The standard InChI is InChI=1S/C16H20ClNO2/c17-14-7-5-13(6-8-14)16(19)18-9-1-2-15(10-18)20-11-12-3-4-12/h5-8,12,15H,1-4,9-11H2. The average molecular weight is 294 g/mol. The lowest BCUT2D eigenvalue weighted by molar-refractivity contribution is -0.00242. The van der Waals surface area contributed by atoms with Crippen LogP contribution in [0, 0.1) is 5.92 Å². The van der Waals surface area contributed by atoms with Crippen molar-refractivity contribution in [3.63, 3.8) is 0 Å². The maximum absolute atomic E-state index is 12.4. The van der Waals surface area contributed by atoms with Gasteiger partial charge in [0.15, 0.2) is 0 Å². The molecule has 1 heterocycles. The fourth-order valence-electron chi connectivity index (χ4n) is 2.59. The van der Waals surface area contributed by atoms with Gasteiger partial charge >= 0.3 is 0 Å². The highest BCUT2D eigenvalue weighted by Crippen LogP contribution is 2.30. The lowest BCUT2D eigenvalue weighted by Gasteiger charge is -2.32. The Hall–Kier alpha value is -1.06. The normalized spacial score (nSPS) is 22.9. The van der Waals surface area contributed by atoms with E-state index in [1.165, 1.54) is 12.8 Å². The van der Waals surface area contributed by atoms with E-state index in [9.17, 15) is 4.79 Å². The van der Waals surface area contributed by atoms with Crippen LogP contribution in [0.3, 0.4) is 0 Å². The zero-order valence-corrected chi connectivity index (χ0v) is 12.3. The van der Waals surface area contributed by atoms with Crippen LogP contribution < -0.4 is 0 Å². The fourth-order valence-corrected chi connectivity index (χ4v) is 2.72. The van der Waals surface area contributed by atoms with Crippen molar-refractivity contribution >= 4 is 17.5 Å². The SMILES string of the molecule is O=C(c1ccc(Cl)cc1)N1CCCC(OCC2CC2)C1. The summed E-state index contributed by atoms with van der Waals surface area (Å²) in [5, 5.41) is 0.658. The van der Waals surface area contributed by atoms with Crippen LogP contribution in [0.2, 0.25) is 5.02 Å². The van der Waals surface area contributed by atoms with Crippen LogP contribution in [0.15, 0.2) is 24.3 Å². The van der Waals surface area contributed by atoms with Crippen molar-refractivity contribution in [2.45, 2.75) is 31.8 Å². The Morgan fingerprint density at radius 3 is 2.70 bits per heavy atom. The first-order chi connectivity index (χ1) is 9.72. The lowest BCUT2D eigenvalue weighted by atomic mass is 10.1. The number of hydrogen-bond donors (Lipinski definition) is 0. The summed E-state index contributed by atoms with van der Waals surface area (Å²) >= 11 is 5.86. The molecular formula is C16H20ClNO2. The van der Waals surface area contributed by atoms with E-state index in [2.05, 4.69) is 0 Å². The summed E-state index contributed by atoms with van der Waals surface area (Å²) in [5.74, 6) is 0.860. The molecule has 0 bridgehead atoms. The van der Waals surface area contributed by atoms with Crippen LogP contribution in [0.5, 0.6) is 0 Å². The zero-order chi connectivity index (χ0) is 13.9. The Balaban J connectivity index is 1.57. The van der Waals surface area contributed by atoms with Crippen molar-refractivity contribution in [1.29, 1.82) is 0 Å². The second-order valence-electron chi connectivity index (χ2n) is 5.80. The molecule has 1 amide bonds. The van der Waals surface area contributed by atoms with Crippen LogP contribution in [-0.4, -0.2) is 36.6 Å². The molecular weight excluding hydrogens is 274 g/mol. The minimum Gasteiger partial charge on any atom is -0.376 e. The molecule has 1 atom stereocenters. The van der Waals surface area contributed by atoms with Crippen LogP contribution in [-0.2, 0) is 4.74 Å². The number of carbonyl (C=O) groups is 1. The predicted octanol–water partition coefficient (Wildman–Crippen LogP) is 3.37. The molecule has 1 saturated heterocycles. The monoisotopic (exact) mass is 293 g/mol. The van der Waals surface area contributed by atoms with Crippen molar-refractivity contribution in [1.82, 2.24) is 4.90 Å². The molecule has 3 nitrogen and oxygen atoms in total. The molecule has 0 N–H and O–H groups in total. The molecule has 1 saturated carbocycles. The first-order valence-corrected chi connectivity index (χ1v) is 7.76. The molecule has 1 unspecified atom stereocenters. The maximum atomic E-state index is 12.4. The van der Waals surface area contributed by atoms with Gasteiger partial charge in [-0.1, -0.05) is 11.6 Å². The second kappa shape index (κ2) is 6.15. The topological polar surface area (TPSA) is 29.5 Å². The van der Waals surface area contributed by atoms with Crippen molar-refractivity contribution < 1.29 is 9.53 Å². The van der Waals surface area contributed by atoms with Crippen molar-refractivity contribution in [2.24, 2.45) is 5.92 Å². The van der Waals surface area contributed by atoms with Crippen LogP contribution in [0.4, 0.5) is 0 Å². The summed E-state index contributed by atoms with van der Waals surface area (Å²) in [7, 11) is 0. The molecule has 1 aliphatic carbocycles. The number of ether oxygens (including phenoxy) is 1. The van der Waals surface area contributed by atoms with E-state index in [1.54, 1.807) is 24.3 Å². The number of carbonyl (C=O) groups excluding carboxylic acids is 1. The Morgan fingerprint density at radius 2 is 2.00 bits per heavy atom. The second-order valence-corrected chi connectivity index (χ2v) is 6.24. The molecule has 1 aromatic rings. The van der Waals surface area contributed by atoms with E-state index in [4.69, 9.17) is 16.3 Å². The van der Waals surface area contributed by atoms with Crippen molar-refractivity contribution in [3.8, 4) is 0 Å². The van der Waals surface area contributed by atoms with Crippen LogP contribution in [0.25, 0.3) is 0 Å². The van der Waals surface area contributed by atoms with E-state index >= 15 is 0 Å². The average Bonchev–Trinajstić information content (AvgIpc) is 3.30. The van der Waals surface area contributed by atoms with E-state index < -0.39 is 0 Å². The first kappa shape index (κ1) is 13.9. The number of rotatable bonds is 4. The van der Waals surface area contributed by atoms with Crippen LogP contribution >= 0.6 is 11.6 Å². The molecule has 20 heavy (non-hydrogen) atoms. The lowest BCUT2D eigenvalue weighted by Crippen LogP contribution is -2.43. The quantitative estimate of drug-likeness (QED) is 0.852. The highest BCUT2D eigenvalue weighted by Gasteiger charge is 2.27. The van der Waals surface area contributed by atoms with Gasteiger partial charge in [-0.05, 0) is 55.9 Å². The van der Waals surface area contributed by atoms with Gasteiger partial charge in [0.1, 0.15) is 0 Å². The maximum Gasteiger partial charge on any atom is 0.253 e. The summed E-state index contributed by atoms with van der Waals surface area (Å²) in [6.07, 6.45) is 4.91. The van der Waals surface area contributed by atoms with Gasteiger partial charge in [0.05, 0.1) is 6.10 Å². The zero-order valence-electron chi connectivity index (χ0n) is 11.6. The number of amides is 1. The Kier molecular flexibility index (Phi) is 4.27. The van der Waals surface area contributed by atoms with Gasteiger partial charge < -0.3 is 9.64 Å². The van der Waals surface area contributed by atoms with Crippen LogP contribution in [0.1, 0.15) is 36.0 Å². The highest BCUT2D eigenvalue weighted by atomic mass is 35.5. The van der Waals surface area contributed by atoms with Gasteiger partial charge in [-0.25, -0.2) is 0 Å². The summed E-state index contributed by atoms with van der Waals surface area (Å²) in [6, 6.07) is 7.11. The Labute approximate surface area is 124 Å². The Morgan fingerprint density at radius 1 is 1.25 bits per heavy atom. The van der Waals surface area contributed by atoms with E-state index in [1.807, 2.05) is 4.90 Å².